The molecule has 37 heavy (non-hydrogen) atoms. The molecule has 200 valence electrons. The number of ether oxygens (including phenoxy) is 2. The van der Waals surface area contributed by atoms with E-state index >= 15 is 0 Å². The summed E-state index contributed by atoms with van der Waals surface area (Å²) in [7, 11) is 1.45. The predicted octanol–water partition coefficient (Wildman–Crippen LogP) is 5.00. The highest BCUT2D eigenvalue weighted by Crippen LogP contribution is 2.30. The van der Waals surface area contributed by atoms with Gasteiger partial charge in [-0.2, -0.15) is 0 Å². The molecule has 1 N–H and O–H groups in total. The van der Waals surface area contributed by atoms with Crippen molar-refractivity contribution in [2.75, 3.05) is 43.5 Å². The Bertz CT molecular complexity index is 1110. The van der Waals surface area contributed by atoms with Crippen LogP contribution in [0.5, 0.6) is 0 Å². The van der Waals surface area contributed by atoms with E-state index in [1.807, 2.05) is 45.0 Å². The van der Waals surface area contributed by atoms with Crippen LogP contribution in [0.3, 0.4) is 0 Å². The molecule has 1 amide bonds. The van der Waals surface area contributed by atoms with Crippen molar-refractivity contribution in [1.29, 1.82) is 0 Å². The van der Waals surface area contributed by atoms with Gasteiger partial charge in [-0.05, 0) is 70.7 Å². The second kappa shape index (κ2) is 11.5. The third kappa shape index (κ3) is 7.25. The molecule has 0 spiro atoms. The average molecular weight is 530 g/mol. The molecule has 0 aromatic carbocycles. The summed E-state index contributed by atoms with van der Waals surface area (Å²) >= 11 is 6.39. The molecular weight excluding hydrogens is 494 g/mol. The Morgan fingerprint density at radius 1 is 1.05 bits per heavy atom. The summed E-state index contributed by atoms with van der Waals surface area (Å²) in [4.78, 5) is 37.2. The Labute approximate surface area is 223 Å². The first kappa shape index (κ1) is 27.0. The minimum atomic E-state index is -0.510. The van der Waals surface area contributed by atoms with Crippen molar-refractivity contribution in [1.82, 2.24) is 14.9 Å². The Balaban J connectivity index is 1.40. The van der Waals surface area contributed by atoms with E-state index in [9.17, 15) is 9.59 Å². The molecule has 4 rings (SSSR count). The van der Waals surface area contributed by atoms with E-state index in [0.717, 1.165) is 48.4 Å². The van der Waals surface area contributed by atoms with Crippen molar-refractivity contribution in [3.63, 3.8) is 0 Å². The Hall–Kier alpha value is -3.07. The number of pyridine rings is 2. The van der Waals surface area contributed by atoms with Crippen molar-refractivity contribution in [3.8, 4) is 11.3 Å². The summed E-state index contributed by atoms with van der Waals surface area (Å²) < 4.78 is 10.4. The fourth-order valence-corrected chi connectivity index (χ4v) is 5.01. The summed E-state index contributed by atoms with van der Waals surface area (Å²) in [6.07, 6.45) is 4.90. The van der Waals surface area contributed by atoms with Gasteiger partial charge < -0.3 is 24.6 Å². The van der Waals surface area contributed by atoms with Crippen LogP contribution < -0.4 is 10.2 Å². The van der Waals surface area contributed by atoms with Gasteiger partial charge in [0.2, 0.25) is 0 Å². The third-order valence-corrected chi connectivity index (χ3v) is 6.92. The number of halogens is 1. The van der Waals surface area contributed by atoms with Gasteiger partial charge in [0.1, 0.15) is 16.6 Å². The standard InChI is InChI=1S/C27H36ClN5O4/c1-27(2,3)37-26(35)33-13-11-32(12-14-33)24-15-19(9-10-29-24)22-16-21(17-23(28)31-22)30-20-7-5-18(6-8-20)25(34)36-4/h9-10,15-18,20H,5-8,11-14H2,1-4H3,(H,30,31)/t18-,20-. The van der Waals surface area contributed by atoms with Gasteiger partial charge in [-0.15, -0.1) is 0 Å². The van der Waals surface area contributed by atoms with Gasteiger partial charge in [0, 0.05) is 49.7 Å². The lowest BCUT2D eigenvalue weighted by Gasteiger charge is -2.36. The summed E-state index contributed by atoms with van der Waals surface area (Å²) in [5.41, 5.74) is 2.07. The minimum Gasteiger partial charge on any atom is -0.469 e. The molecule has 2 aromatic rings. The zero-order valence-corrected chi connectivity index (χ0v) is 22.8. The molecule has 1 aliphatic heterocycles. The predicted molar refractivity (Wildman–Crippen MR) is 144 cm³/mol. The molecule has 0 bridgehead atoms. The highest BCUT2D eigenvalue weighted by Gasteiger charge is 2.28. The minimum absolute atomic E-state index is 0.0131. The molecular formula is C27H36ClN5O4. The number of piperazine rings is 1. The lowest BCUT2D eigenvalue weighted by Crippen LogP contribution is -2.50. The number of nitrogens with one attached hydrogen (secondary N) is 1. The highest BCUT2D eigenvalue weighted by molar-refractivity contribution is 6.29. The zero-order valence-electron chi connectivity index (χ0n) is 22.0. The number of carbonyl (C=O) groups excluding carboxylic acids is 2. The first-order valence-corrected chi connectivity index (χ1v) is 13.2. The maximum Gasteiger partial charge on any atom is 0.410 e. The van der Waals surface area contributed by atoms with E-state index in [1.165, 1.54) is 7.11 Å². The first-order chi connectivity index (χ1) is 17.6. The molecule has 0 unspecified atom stereocenters. The lowest BCUT2D eigenvalue weighted by atomic mass is 9.86. The highest BCUT2D eigenvalue weighted by atomic mass is 35.5. The maximum absolute atomic E-state index is 12.4. The SMILES string of the molecule is COC(=O)[C@H]1CC[C@H](Nc2cc(Cl)nc(-c3ccnc(N4CCN(C(=O)OC(C)(C)C)CC4)c3)c2)CC1. The van der Waals surface area contributed by atoms with Crippen molar-refractivity contribution < 1.29 is 19.1 Å². The number of carbonyl (C=O) groups is 2. The number of aromatic nitrogens is 2. The first-order valence-electron chi connectivity index (χ1n) is 12.8. The van der Waals surface area contributed by atoms with Gasteiger partial charge in [-0.3, -0.25) is 4.79 Å². The largest absolute Gasteiger partial charge is 0.469 e. The quantitative estimate of drug-likeness (QED) is 0.427. The lowest BCUT2D eigenvalue weighted by molar-refractivity contribution is -0.146. The maximum atomic E-state index is 12.4. The van der Waals surface area contributed by atoms with E-state index in [2.05, 4.69) is 20.2 Å². The second-order valence-corrected chi connectivity index (χ2v) is 11.0. The zero-order chi connectivity index (χ0) is 26.6. The number of rotatable bonds is 5. The van der Waals surface area contributed by atoms with E-state index in [-0.39, 0.29) is 24.0 Å². The van der Waals surface area contributed by atoms with Gasteiger partial charge in [-0.1, -0.05) is 11.6 Å². The summed E-state index contributed by atoms with van der Waals surface area (Å²) in [6, 6.07) is 8.02. The summed E-state index contributed by atoms with van der Waals surface area (Å²) in [6.45, 7) is 8.09. The number of anilines is 2. The summed E-state index contributed by atoms with van der Waals surface area (Å²) in [5, 5.41) is 3.98. The normalized spacial score (nSPS) is 20.4. The smallest absolute Gasteiger partial charge is 0.410 e. The topological polar surface area (TPSA) is 96.9 Å². The molecule has 10 heteroatoms. The van der Waals surface area contributed by atoms with Crippen LogP contribution in [0.25, 0.3) is 11.3 Å². The molecule has 1 saturated heterocycles. The molecule has 9 nitrogen and oxygen atoms in total. The van der Waals surface area contributed by atoms with E-state index in [1.54, 1.807) is 11.1 Å². The second-order valence-electron chi connectivity index (χ2n) is 10.6. The van der Waals surface area contributed by atoms with Crippen LogP contribution in [-0.4, -0.2) is 71.9 Å². The number of nitrogens with zero attached hydrogens (tertiary/aromatic N) is 4. The molecule has 1 saturated carbocycles. The van der Waals surface area contributed by atoms with Crippen molar-refractivity contribution in [2.24, 2.45) is 5.92 Å². The fourth-order valence-electron chi connectivity index (χ4n) is 4.80. The number of hydrogen-bond acceptors (Lipinski definition) is 8. The molecule has 3 heterocycles. The van der Waals surface area contributed by atoms with Gasteiger partial charge in [-0.25, -0.2) is 14.8 Å². The molecule has 0 radical (unpaired) electrons. The van der Waals surface area contributed by atoms with Gasteiger partial charge in [0.25, 0.3) is 0 Å². The number of methoxy groups -OCH3 is 1. The van der Waals surface area contributed by atoms with Crippen LogP contribution in [0.1, 0.15) is 46.5 Å². The number of esters is 1. The number of amides is 1. The monoisotopic (exact) mass is 529 g/mol. The Morgan fingerprint density at radius 2 is 1.76 bits per heavy atom. The van der Waals surface area contributed by atoms with Crippen LogP contribution in [-0.2, 0) is 14.3 Å². The number of hydrogen-bond donors (Lipinski definition) is 1. The van der Waals surface area contributed by atoms with Crippen molar-refractivity contribution in [3.05, 3.63) is 35.6 Å². The van der Waals surface area contributed by atoms with Crippen LogP contribution in [0.4, 0.5) is 16.3 Å². The third-order valence-electron chi connectivity index (χ3n) is 6.72. The Morgan fingerprint density at radius 3 is 2.41 bits per heavy atom. The van der Waals surface area contributed by atoms with Crippen LogP contribution in [0, 0.1) is 5.92 Å². The molecule has 1 aliphatic carbocycles. The van der Waals surface area contributed by atoms with Gasteiger partial charge in [0.15, 0.2) is 0 Å². The van der Waals surface area contributed by atoms with Crippen molar-refractivity contribution >= 4 is 35.2 Å². The molecule has 2 aromatic heterocycles. The van der Waals surface area contributed by atoms with Crippen LogP contribution >= 0.6 is 11.6 Å². The van der Waals surface area contributed by atoms with E-state index in [0.29, 0.717) is 31.3 Å². The fraction of sp³-hybridized carbons (Fsp3) is 0.556. The van der Waals surface area contributed by atoms with E-state index < -0.39 is 5.60 Å². The van der Waals surface area contributed by atoms with Crippen molar-refractivity contribution in [2.45, 2.75) is 58.1 Å². The molecule has 2 aliphatic rings. The van der Waals surface area contributed by atoms with Crippen LogP contribution in [0.2, 0.25) is 5.15 Å². The molecule has 2 fully saturated rings. The van der Waals surface area contributed by atoms with Gasteiger partial charge in [0.05, 0.1) is 18.7 Å². The molecule has 0 atom stereocenters. The summed E-state index contributed by atoms with van der Waals surface area (Å²) in [5.74, 6) is 0.701. The van der Waals surface area contributed by atoms with E-state index in [4.69, 9.17) is 21.1 Å². The average Bonchev–Trinajstić information content (AvgIpc) is 2.87. The Kier molecular flexibility index (Phi) is 8.42. The van der Waals surface area contributed by atoms with Gasteiger partial charge >= 0.3 is 12.1 Å². The van der Waals surface area contributed by atoms with Crippen LogP contribution in [0.15, 0.2) is 30.5 Å².